The van der Waals surface area contributed by atoms with Gasteiger partial charge < -0.3 is 14.6 Å². The number of fused-ring (bicyclic) bond motifs is 1. The maximum Gasteiger partial charge on any atom is 0.209 e. The molecule has 2 heterocycles. The molecule has 3 aromatic carbocycles. The summed E-state index contributed by atoms with van der Waals surface area (Å²) in [4.78, 5) is 19.7. The zero-order valence-electron chi connectivity index (χ0n) is 21.5. The van der Waals surface area contributed by atoms with Crippen LogP contribution in [-0.4, -0.2) is 54.5 Å². The van der Waals surface area contributed by atoms with Gasteiger partial charge in [-0.15, -0.1) is 0 Å². The largest absolute Gasteiger partial charge is 0.497 e. The van der Waals surface area contributed by atoms with Crippen LogP contribution in [0, 0.1) is 13.8 Å². The molecule has 1 N–H and O–H groups in total. The number of methoxy groups -OCH3 is 1. The zero-order chi connectivity index (χ0) is 25.1. The minimum absolute atomic E-state index is 0.179. The Balaban J connectivity index is 1.40. The van der Waals surface area contributed by atoms with E-state index < -0.39 is 0 Å². The van der Waals surface area contributed by atoms with Gasteiger partial charge in [0.25, 0.3) is 0 Å². The van der Waals surface area contributed by atoms with E-state index in [-0.39, 0.29) is 6.04 Å². The van der Waals surface area contributed by atoms with Gasteiger partial charge in [-0.3, -0.25) is 9.69 Å². The molecule has 0 radical (unpaired) electrons. The molecule has 0 spiro atoms. The molecule has 0 aliphatic carbocycles. The molecule has 1 fully saturated rings. The van der Waals surface area contributed by atoms with Crippen LogP contribution in [-0.2, 0) is 17.6 Å². The monoisotopic (exact) mass is 481 g/mol. The number of hydrogen-bond donors (Lipinski definition) is 1. The van der Waals surface area contributed by atoms with Gasteiger partial charge in [0.1, 0.15) is 5.75 Å². The van der Waals surface area contributed by atoms with Gasteiger partial charge in [-0.05, 0) is 78.8 Å². The number of piperazine rings is 1. The van der Waals surface area contributed by atoms with E-state index >= 15 is 0 Å². The molecule has 0 bridgehead atoms. The SMILES string of the molecule is COc1ccc(CCN2CCN(C=O)CC2c2ccccc2Cc2ccc3[nH]c(C)c(C)c3c2)cc1. The molecule has 1 amide bonds. The summed E-state index contributed by atoms with van der Waals surface area (Å²) in [6.45, 7) is 7.63. The Morgan fingerprint density at radius 1 is 1.00 bits per heavy atom. The van der Waals surface area contributed by atoms with Crippen molar-refractivity contribution in [3.05, 3.63) is 100 Å². The highest BCUT2D eigenvalue weighted by molar-refractivity contribution is 5.85. The van der Waals surface area contributed by atoms with Crippen molar-refractivity contribution in [2.45, 2.75) is 32.7 Å². The van der Waals surface area contributed by atoms with Gasteiger partial charge in [0, 0.05) is 42.8 Å². The second-order valence-corrected chi connectivity index (χ2v) is 9.88. The van der Waals surface area contributed by atoms with E-state index in [1.54, 1.807) is 7.11 Å². The third-order valence-corrected chi connectivity index (χ3v) is 7.70. The van der Waals surface area contributed by atoms with Crippen LogP contribution in [0.1, 0.15) is 39.6 Å². The predicted molar refractivity (Wildman–Crippen MR) is 146 cm³/mol. The second kappa shape index (κ2) is 10.6. The van der Waals surface area contributed by atoms with Crippen molar-refractivity contribution in [1.29, 1.82) is 0 Å². The first-order valence-corrected chi connectivity index (χ1v) is 12.8. The van der Waals surface area contributed by atoms with Crippen molar-refractivity contribution >= 4 is 17.3 Å². The minimum atomic E-state index is 0.179. The first-order chi connectivity index (χ1) is 17.6. The Kier molecular flexibility index (Phi) is 7.10. The fraction of sp³-hybridized carbons (Fsp3) is 0.323. The van der Waals surface area contributed by atoms with Crippen molar-refractivity contribution in [3.8, 4) is 5.75 Å². The molecular weight excluding hydrogens is 446 g/mol. The number of rotatable bonds is 8. The van der Waals surface area contributed by atoms with Crippen LogP contribution >= 0.6 is 0 Å². The van der Waals surface area contributed by atoms with E-state index in [0.29, 0.717) is 0 Å². The third kappa shape index (κ3) is 5.02. The second-order valence-electron chi connectivity index (χ2n) is 9.88. The van der Waals surface area contributed by atoms with Gasteiger partial charge in [-0.25, -0.2) is 0 Å². The molecule has 1 unspecified atom stereocenters. The summed E-state index contributed by atoms with van der Waals surface area (Å²) in [5.74, 6) is 0.883. The summed E-state index contributed by atoms with van der Waals surface area (Å²) in [5.41, 5.74) is 9.00. The van der Waals surface area contributed by atoms with Crippen molar-refractivity contribution < 1.29 is 9.53 Å². The number of aromatic nitrogens is 1. The average molecular weight is 482 g/mol. The summed E-state index contributed by atoms with van der Waals surface area (Å²) in [7, 11) is 1.70. The van der Waals surface area contributed by atoms with E-state index in [9.17, 15) is 4.79 Å². The number of H-pyrrole nitrogens is 1. The van der Waals surface area contributed by atoms with Crippen molar-refractivity contribution in [2.75, 3.05) is 33.3 Å². The van der Waals surface area contributed by atoms with E-state index in [1.165, 1.54) is 44.4 Å². The standard InChI is InChI=1S/C31H35N3O2/c1-22-23(2)32-30-13-10-25(19-29(22)30)18-26-6-4-5-7-28(26)31-20-33(21-35)16-17-34(31)15-14-24-8-11-27(36-3)12-9-24/h4-13,19,21,31-32H,14-18,20H2,1-3H3. The lowest BCUT2D eigenvalue weighted by atomic mass is 9.92. The van der Waals surface area contributed by atoms with E-state index in [2.05, 4.69) is 78.3 Å². The van der Waals surface area contributed by atoms with E-state index in [4.69, 9.17) is 4.74 Å². The first kappa shape index (κ1) is 24.1. The van der Waals surface area contributed by atoms with Crippen LogP contribution in [0.15, 0.2) is 66.7 Å². The van der Waals surface area contributed by atoms with Gasteiger partial charge >= 0.3 is 0 Å². The highest BCUT2D eigenvalue weighted by atomic mass is 16.5. The third-order valence-electron chi connectivity index (χ3n) is 7.70. The van der Waals surface area contributed by atoms with Crippen LogP contribution in [0.2, 0.25) is 0 Å². The molecular formula is C31H35N3O2. The van der Waals surface area contributed by atoms with Gasteiger partial charge in [-0.1, -0.05) is 42.5 Å². The van der Waals surface area contributed by atoms with Crippen LogP contribution in [0.4, 0.5) is 0 Å². The quantitative estimate of drug-likeness (QED) is 0.341. The number of nitrogens with zero attached hydrogens (tertiary/aromatic N) is 2. The summed E-state index contributed by atoms with van der Waals surface area (Å²) in [5, 5.41) is 1.30. The predicted octanol–water partition coefficient (Wildman–Crippen LogP) is 5.44. The summed E-state index contributed by atoms with van der Waals surface area (Å²) in [6.07, 6.45) is 2.84. The number of aryl methyl sites for hydroxylation is 2. The van der Waals surface area contributed by atoms with Gasteiger partial charge in [0.05, 0.1) is 13.2 Å². The van der Waals surface area contributed by atoms with E-state index in [1.807, 2.05) is 17.0 Å². The molecule has 5 nitrogen and oxygen atoms in total. The summed E-state index contributed by atoms with van der Waals surface area (Å²) >= 11 is 0. The molecule has 4 aromatic rings. The minimum Gasteiger partial charge on any atom is -0.497 e. The van der Waals surface area contributed by atoms with Crippen LogP contribution in [0.5, 0.6) is 5.75 Å². The number of hydrogen-bond acceptors (Lipinski definition) is 3. The molecule has 1 atom stereocenters. The van der Waals surface area contributed by atoms with Gasteiger partial charge in [-0.2, -0.15) is 0 Å². The Bertz CT molecular complexity index is 1340. The Morgan fingerprint density at radius 2 is 1.78 bits per heavy atom. The number of benzene rings is 3. The van der Waals surface area contributed by atoms with E-state index in [0.717, 1.165) is 51.2 Å². The first-order valence-electron chi connectivity index (χ1n) is 12.8. The van der Waals surface area contributed by atoms with Gasteiger partial charge in [0.2, 0.25) is 6.41 Å². The summed E-state index contributed by atoms with van der Waals surface area (Å²) in [6, 6.07) is 24.0. The van der Waals surface area contributed by atoms with Crippen LogP contribution in [0.25, 0.3) is 10.9 Å². The van der Waals surface area contributed by atoms with Crippen molar-refractivity contribution in [2.24, 2.45) is 0 Å². The Hall–Kier alpha value is -3.57. The Morgan fingerprint density at radius 3 is 2.56 bits per heavy atom. The Labute approximate surface area is 213 Å². The molecule has 1 aromatic heterocycles. The molecule has 5 heteroatoms. The molecule has 1 aliphatic rings. The number of ether oxygens (including phenoxy) is 1. The lowest BCUT2D eigenvalue weighted by molar-refractivity contribution is -0.121. The molecule has 1 saturated heterocycles. The maximum atomic E-state index is 11.7. The fourth-order valence-electron chi connectivity index (χ4n) is 5.42. The number of amides is 1. The molecule has 36 heavy (non-hydrogen) atoms. The molecule has 5 rings (SSSR count). The molecule has 186 valence electrons. The molecule has 0 saturated carbocycles. The van der Waals surface area contributed by atoms with Crippen molar-refractivity contribution in [1.82, 2.24) is 14.8 Å². The lowest BCUT2D eigenvalue weighted by Gasteiger charge is -2.41. The van der Waals surface area contributed by atoms with Gasteiger partial charge in [0.15, 0.2) is 0 Å². The maximum absolute atomic E-state index is 11.7. The van der Waals surface area contributed by atoms with Crippen LogP contribution < -0.4 is 4.74 Å². The fourth-order valence-corrected chi connectivity index (χ4v) is 5.42. The number of carbonyl (C=O) groups is 1. The smallest absolute Gasteiger partial charge is 0.209 e. The highest BCUT2D eigenvalue weighted by Crippen LogP contribution is 2.30. The summed E-state index contributed by atoms with van der Waals surface area (Å²) < 4.78 is 5.31. The topological polar surface area (TPSA) is 48.6 Å². The normalized spacial score (nSPS) is 16.4. The molecule has 1 aliphatic heterocycles. The number of nitrogens with one attached hydrogen (secondary N) is 1. The van der Waals surface area contributed by atoms with Crippen molar-refractivity contribution in [3.63, 3.8) is 0 Å². The zero-order valence-corrected chi connectivity index (χ0v) is 21.5. The average Bonchev–Trinajstić information content (AvgIpc) is 3.20. The highest BCUT2D eigenvalue weighted by Gasteiger charge is 2.29. The lowest BCUT2D eigenvalue weighted by Crippen LogP contribution is -2.48. The number of aromatic amines is 1. The van der Waals surface area contributed by atoms with Crippen LogP contribution in [0.3, 0.4) is 0 Å². The number of carbonyl (C=O) groups excluding carboxylic acids is 1.